The summed E-state index contributed by atoms with van der Waals surface area (Å²) >= 11 is 7.29. The highest BCUT2D eigenvalue weighted by Gasteiger charge is 1.92. The number of hydrogen-bond acceptors (Lipinski definition) is 2. The van der Waals surface area contributed by atoms with E-state index in [4.69, 9.17) is 11.6 Å². The molecule has 1 nitrogen and oxygen atoms in total. The fraction of sp³-hybridized carbons (Fsp3) is 0.273. The molecule has 0 radical (unpaired) electrons. The van der Waals surface area contributed by atoms with E-state index in [1.807, 2.05) is 18.2 Å². The van der Waals surface area contributed by atoms with E-state index in [1.54, 1.807) is 11.9 Å². The third-order valence-electron chi connectivity index (χ3n) is 1.66. The molecule has 0 aliphatic rings. The Morgan fingerprint density at radius 2 is 2.07 bits per heavy atom. The Bertz CT molecular complexity index is 274. The first-order chi connectivity index (χ1) is 6.79. The third kappa shape index (κ3) is 5.32. The lowest BCUT2D eigenvalue weighted by atomic mass is 10.3. The van der Waals surface area contributed by atoms with Crippen LogP contribution in [0.1, 0.15) is 12.8 Å². The lowest BCUT2D eigenvalue weighted by Crippen LogP contribution is -2.04. The van der Waals surface area contributed by atoms with Crippen molar-refractivity contribution in [3.05, 3.63) is 41.9 Å². The van der Waals surface area contributed by atoms with Crippen molar-refractivity contribution in [3.63, 3.8) is 0 Å². The maximum Gasteiger partial charge on any atom is 0.0228 e. The molecule has 1 rings (SSSR count). The van der Waals surface area contributed by atoms with E-state index in [2.05, 4.69) is 23.4 Å². The van der Waals surface area contributed by atoms with Crippen LogP contribution >= 0.6 is 23.5 Å². The monoisotopic (exact) mass is 227 g/mol. The highest BCUT2D eigenvalue weighted by molar-refractivity contribution is 7.97. The summed E-state index contributed by atoms with van der Waals surface area (Å²) in [5.74, 6) is 0. The normalized spacial score (nSPS) is 10.1. The van der Waals surface area contributed by atoms with Gasteiger partial charge in [-0.05, 0) is 36.9 Å². The highest BCUT2D eigenvalue weighted by atomic mass is 35.5. The van der Waals surface area contributed by atoms with Gasteiger partial charge in [0.05, 0.1) is 0 Å². The molecule has 0 fully saturated rings. The molecule has 0 unspecified atom stereocenters. The van der Waals surface area contributed by atoms with Crippen molar-refractivity contribution in [3.8, 4) is 0 Å². The van der Waals surface area contributed by atoms with Gasteiger partial charge in [-0.3, -0.25) is 4.72 Å². The molecule has 1 N–H and O–H groups in total. The second-order valence-corrected chi connectivity index (χ2v) is 4.43. The topological polar surface area (TPSA) is 12.0 Å². The van der Waals surface area contributed by atoms with Gasteiger partial charge in [-0.15, -0.1) is 0 Å². The van der Waals surface area contributed by atoms with Crippen molar-refractivity contribution in [2.75, 3.05) is 6.54 Å². The van der Waals surface area contributed by atoms with Gasteiger partial charge < -0.3 is 0 Å². The number of nitrogens with one attached hydrogen (secondary N) is 1. The van der Waals surface area contributed by atoms with Crippen LogP contribution in [0.15, 0.2) is 46.8 Å². The summed E-state index contributed by atoms with van der Waals surface area (Å²) in [6.45, 7) is 4.59. The van der Waals surface area contributed by atoms with E-state index in [0.29, 0.717) is 0 Å². The van der Waals surface area contributed by atoms with Gasteiger partial charge in [-0.1, -0.05) is 36.4 Å². The van der Waals surface area contributed by atoms with Crippen molar-refractivity contribution in [2.24, 2.45) is 0 Å². The molecule has 0 amide bonds. The summed E-state index contributed by atoms with van der Waals surface area (Å²) in [6.07, 6.45) is 1.91. The summed E-state index contributed by atoms with van der Waals surface area (Å²) in [6, 6.07) is 10.2. The molecular weight excluding hydrogens is 214 g/mol. The van der Waals surface area contributed by atoms with E-state index in [1.165, 1.54) is 4.90 Å². The van der Waals surface area contributed by atoms with Crippen molar-refractivity contribution in [1.29, 1.82) is 0 Å². The molecule has 3 heteroatoms. The Morgan fingerprint density at radius 3 is 2.71 bits per heavy atom. The zero-order chi connectivity index (χ0) is 10.2. The lowest BCUT2D eigenvalue weighted by Gasteiger charge is -2.02. The van der Waals surface area contributed by atoms with Gasteiger partial charge in [0.1, 0.15) is 0 Å². The van der Waals surface area contributed by atoms with Crippen LogP contribution in [0.4, 0.5) is 0 Å². The van der Waals surface area contributed by atoms with Crippen LogP contribution in [-0.4, -0.2) is 6.54 Å². The molecule has 0 spiro atoms. The average molecular weight is 228 g/mol. The molecule has 1 aromatic carbocycles. The summed E-state index contributed by atoms with van der Waals surface area (Å²) in [5, 5.41) is 0.733. The van der Waals surface area contributed by atoms with Gasteiger partial charge in [0, 0.05) is 16.5 Å². The smallest absolute Gasteiger partial charge is 0.0228 e. The third-order valence-corrected chi connectivity index (χ3v) is 2.71. The SMILES string of the molecule is C=C(Cl)CCCNSc1ccccc1. The molecule has 0 aliphatic carbocycles. The first-order valence-corrected chi connectivity index (χ1v) is 5.76. The Balaban J connectivity index is 2.08. The predicted octanol–water partition coefficient (Wildman–Crippen LogP) is 3.82. The Labute approximate surface area is 94.7 Å². The molecule has 0 atom stereocenters. The molecule has 0 heterocycles. The summed E-state index contributed by atoms with van der Waals surface area (Å²) in [7, 11) is 0. The molecule has 0 saturated heterocycles. The molecule has 0 aliphatic heterocycles. The van der Waals surface area contributed by atoms with Crippen LogP contribution in [0.2, 0.25) is 0 Å². The fourth-order valence-electron chi connectivity index (χ4n) is 0.975. The van der Waals surface area contributed by atoms with Gasteiger partial charge in [0.25, 0.3) is 0 Å². The minimum absolute atomic E-state index is 0.733. The standard InChI is InChI=1S/C11H14ClNS/c1-10(12)6-5-9-13-14-11-7-3-2-4-8-11/h2-4,7-8,13H,1,5-6,9H2. The van der Waals surface area contributed by atoms with Crippen molar-refractivity contribution >= 4 is 23.5 Å². The van der Waals surface area contributed by atoms with E-state index >= 15 is 0 Å². The van der Waals surface area contributed by atoms with E-state index in [0.717, 1.165) is 24.4 Å². The lowest BCUT2D eigenvalue weighted by molar-refractivity contribution is 0.810. The number of hydrogen-bond donors (Lipinski definition) is 1. The minimum atomic E-state index is 0.733. The summed E-state index contributed by atoms with van der Waals surface area (Å²) in [4.78, 5) is 1.23. The molecule has 76 valence electrons. The Morgan fingerprint density at radius 1 is 1.36 bits per heavy atom. The van der Waals surface area contributed by atoms with E-state index in [-0.39, 0.29) is 0 Å². The maximum atomic E-state index is 5.64. The second-order valence-electron chi connectivity index (χ2n) is 2.93. The van der Waals surface area contributed by atoms with Crippen molar-refractivity contribution in [2.45, 2.75) is 17.7 Å². The molecule has 0 saturated carbocycles. The van der Waals surface area contributed by atoms with Crippen molar-refractivity contribution < 1.29 is 0 Å². The summed E-state index contributed by atoms with van der Waals surface area (Å²) in [5.41, 5.74) is 0. The quantitative estimate of drug-likeness (QED) is 0.586. The van der Waals surface area contributed by atoms with Gasteiger partial charge in [0.2, 0.25) is 0 Å². The first-order valence-electron chi connectivity index (χ1n) is 4.57. The van der Waals surface area contributed by atoms with Crippen LogP contribution < -0.4 is 4.72 Å². The second kappa shape index (κ2) is 6.93. The predicted molar refractivity (Wildman–Crippen MR) is 64.5 cm³/mol. The first kappa shape index (κ1) is 11.6. The van der Waals surface area contributed by atoms with Crippen LogP contribution in [-0.2, 0) is 0 Å². The number of allylic oxidation sites excluding steroid dienone is 1. The van der Waals surface area contributed by atoms with E-state index < -0.39 is 0 Å². The van der Waals surface area contributed by atoms with Gasteiger partial charge in [-0.2, -0.15) is 0 Å². The largest absolute Gasteiger partial charge is 0.260 e. The molecule has 14 heavy (non-hydrogen) atoms. The van der Waals surface area contributed by atoms with Gasteiger partial charge in [-0.25, -0.2) is 0 Å². The average Bonchev–Trinajstić information content (AvgIpc) is 2.18. The number of halogens is 1. The van der Waals surface area contributed by atoms with Crippen molar-refractivity contribution in [1.82, 2.24) is 4.72 Å². The van der Waals surface area contributed by atoms with E-state index in [9.17, 15) is 0 Å². The molecule has 1 aromatic rings. The Hall–Kier alpha value is -0.440. The van der Waals surface area contributed by atoms with Crippen LogP contribution in [0.5, 0.6) is 0 Å². The van der Waals surface area contributed by atoms with Gasteiger partial charge >= 0.3 is 0 Å². The minimum Gasteiger partial charge on any atom is -0.260 e. The van der Waals surface area contributed by atoms with Gasteiger partial charge in [0.15, 0.2) is 0 Å². The summed E-state index contributed by atoms with van der Waals surface area (Å²) < 4.78 is 3.27. The number of rotatable bonds is 6. The van der Waals surface area contributed by atoms with Crippen LogP contribution in [0.25, 0.3) is 0 Å². The van der Waals surface area contributed by atoms with Crippen LogP contribution in [0.3, 0.4) is 0 Å². The molecule has 0 bridgehead atoms. The molecular formula is C11H14ClNS. The molecule has 0 aromatic heterocycles. The zero-order valence-electron chi connectivity index (χ0n) is 8.00. The van der Waals surface area contributed by atoms with Crippen LogP contribution in [0, 0.1) is 0 Å². The fourth-order valence-corrected chi connectivity index (χ4v) is 1.82. The maximum absolute atomic E-state index is 5.64. The Kier molecular flexibility index (Phi) is 5.76. The zero-order valence-corrected chi connectivity index (χ0v) is 9.57. The highest BCUT2D eigenvalue weighted by Crippen LogP contribution is 2.13. The number of benzene rings is 1.